The minimum Gasteiger partial charge on any atom is -0.453 e. The van der Waals surface area contributed by atoms with Crippen LogP contribution in [-0.4, -0.2) is 36.3 Å². The Balaban J connectivity index is 2.39. The van der Waals surface area contributed by atoms with Crippen LogP contribution in [0, 0.1) is 5.92 Å². The second kappa shape index (κ2) is 5.14. The monoisotopic (exact) mass is 216 g/mol. The van der Waals surface area contributed by atoms with Gasteiger partial charge < -0.3 is 9.64 Å². The predicted octanol–water partition coefficient (Wildman–Crippen LogP) is 1.36. The van der Waals surface area contributed by atoms with Crippen LogP contribution in [0.15, 0.2) is 0 Å². The number of nitrogens with zero attached hydrogens (tertiary/aromatic N) is 1. The van der Waals surface area contributed by atoms with Crippen molar-refractivity contribution in [2.75, 3.05) is 20.2 Å². The molecule has 1 aliphatic rings. The topological polar surface area (TPSA) is 41.6 Å². The summed E-state index contributed by atoms with van der Waals surface area (Å²) in [6.07, 6.45) is 1.87. The number of likely N-dealkylation sites (tertiary alicyclic amines) is 1. The molecule has 0 aliphatic carbocycles. The lowest BCUT2D eigenvalue weighted by atomic mass is 10.0. The van der Waals surface area contributed by atoms with Crippen LogP contribution in [0.25, 0.3) is 0 Å². The van der Waals surface area contributed by atoms with E-state index in [9.17, 15) is 4.79 Å². The molecule has 1 unspecified atom stereocenters. The van der Waals surface area contributed by atoms with Gasteiger partial charge in [-0.2, -0.15) is 0 Å². The summed E-state index contributed by atoms with van der Waals surface area (Å²) in [5.41, 5.74) is 0. The fourth-order valence-electron chi connectivity index (χ4n) is 1.59. The number of methoxy groups -OCH3 is 1. The maximum absolute atomic E-state index is 10.9. The zero-order valence-electron chi connectivity index (χ0n) is 8.58. The molecule has 1 N–H and O–H groups in total. The van der Waals surface area contributed by atoms with E-state index in [1.807, 2.05) is 4.90 Å². The van der Waals surface area contributed by atoms with Crippen LogP contribution < -0.4 is 5.32 Å². The summed E-state index contributed by atoms with van der Waals surface area (Å²) in [6.45, 7) is 4.03. The molecule has 4 nitrogen and oxygen atoms in total. The van der Waals surface area contributed by atoms with Crippen LogP contribution in [0.2, 0.25) is 0 Å². The van der Waals surface area contributed by atoms with Gasteiger partial charge in [-0.3, -0.25) is 5.32 Å². The van der Waals surface area contributed by atoms with Crippen molar-refractivity contribution in [1.82, 2.24) is 10.2 Å². The zero-order valence-corrected chi connectivity index (χ0v) is 9.39. The van der Waals surface area contributed by atoms with Crippen molar-refractivity contribution in [3.05, 3.63) is 0 Å². The maximum Gasteiger partial charge on any atom is 0.413 e. The van der Waals surface area contributed by atoms with Crippen molar-refractivity contribution in [2.45, 2.75) is 19.8 Å². The third-order valence-corrected chi connectivity index (χ3v) is 2.70. The van der Waals surface area contributed by atoms with Crippen LogP contribution >= 0.6 is 12.2 Å². The van der Waals surface area contributed by atoms with E-state index in [0.29, 0.717) is 11.0 Å². The average molecular weight is 216 g/mol. The van der Waals surface area contributed by atoms with Gasteiger partial charge in [-0.1, -0.05) is 6.92 Å². The lowest BCUT2D eigenvalue weighted by Gasteiger charge is -2.32. The van der Waals surface area contributed by atoms with Gasteiger partial charge in [-0.05, 0) is 31.0 Å². The Morgan fingerprint density at radius 3 is 2.93 bits per heavy atom. The molecule has 0 aromatic carbocycles. The number of carbonyl (C=O) groups excluding carboxylic acids is 1. The minimum atomic E-state index is -0.492. The second-order valence-corrected chi connectivity index (χ2v) is 4.00. The third-order valence-electron chi connectivity index (χ3n) is 2.34. The van der Waals surface area contributed by atoms with Crippen molar-refractivity contribution in [2.24, 2.45) is 5.92 Å². The molecule has 0 bridgehead atoms. The molecular formula is C9H16N2O2S. The maximum atomic E-state index is 10.9. The zero-order chi connectivity index (χ0) is 10.6. The SMILES string of the molecule is COC(=O)NC(=S)N1CCCC(C)C1. The Labute approximate surface area is 89.6 Å². The summed E-state index contributed by atoms with van der Waals surface area (Å²) in [5.74, 6) is 0.640. The summed E-state index contributed by atoms with van der Waals surface area (Å²) in [5, 5.41) is 2.99. The number of nitrogens with one attached hydrogen (secondary N) is 1. The molecule has 1 aliphatic heterocycles. The van der Waals surface area contributed by atoms with Gasteiger partial charge in [0.2, 0.25) is 0 Å². The number of carbonyl (C=O) groups is 1. The number of amides is 1. The first-order valence-corrected chi connectivity index (χ1v) is 5.18. The van der Waals surface area contributed by atoms with E-state index in [-0.39, 0.29) is 0 Å². The number of rotatable bonds is 0. The standard InChI is InChI=1S/C9H16N2O2S/c1-7-4-3-5-11(6-7)8(14)10-9(12)13-2/h7H,3-6H2,1-2H3,(H,10,12,14). The molecule has 0 aromatic heterocycles. The van der Waals surface area contributed by atoms with Crippen molar-refractivity contribution in [1.29, 1.82) is 0 Å². The van der Waals surface area contributed by atoms with Crippen LogP contribution in [0.5, 0.6) is 0 Å². The molecule has 1 heterocycles. The molecule has 5 heteroatoms. The Morgan fingerprint density at radius 1 is 1.64 bits per heavy atom. The first-order valence-electron chi connectivity index (χ1n) is 4.77. The molecule has 0 aromatic rings. The van der Waals surface area contributed by atoms with Gasteiger partial charge >= 0.3 is 6.09 Å². The highest BCUT2D eigenvalue weighted by Crippen LogP contribution is 2.15. The number of ether oxygens (including phenoxy) is 1. The smallest absolute Gasteiger partial charge is 0.413 e. The van der Waals surface area contributed by atoms with Crippen LogP contribution in [0.1, 0.15) is 19.8 Å². The number of hydrogen-bond donors (Lipinski definition) is 1. The molecule has 0 spiro atoms. The first-order chi connectivity index (χ1) is 6.63. The predicted molar refractivity (Wildman–Crippen MR) is 58.1 cm³/mol. The van der Waals surface area contributed by atoms with Crippen LogP contribution in [-0.2, 0) is 4.74 Å². The van der Waals surface area contributed by atoms with Gasteiger partial charge in [0.1, 0.15) is 0 Å². The average Bonchev–Trinajstić information content (AvgIpc) is 2.17. The van der Waals surface area contributed by atoms with Gasteiger partial charge in [0.05, 0.1) is 7.11 Å². The highest BCUT2D eigenvalue weighted by Gasteiger charge is 2.19. The van der Waals surface area contributed by atoms with Gasteiger partial charge in [0, 0.05) is 13.1 Å². The Bertz CT molecular complexity index is 233. The largest absolute Gasteiger partial charge is 0.453 e. The van der Waals surface area contributed by atoms with Crippen molar-refractivity contribution in [3.8, 4) is 0 Å². The summed E-state index contributed by atoms with van der Waals surface area (Å²) < 4.78 is 4.47. The molecule has 1 fully saturated rings. The van der Waals surface area contributed by atoms with E-state index in [4.69, 9.17) is 12.2 Å². The van der Waals surface area contributed by atoms with Crippen LogP contribution in [0.3, 0.4) is 0 Å². The third kappa shape index (κ3) is 3.14. The molecule has 1 amide bonds. The van der Waals surface area contributed by atoms with E-state index in [1.165, 1.54) is 13.5 Å². The Kier molecular flexibility index (Phi) is 4.13. The van der Waals surface area contributed by atoms with E-state index in [0.717, 1.165) is 19.5 Å². The summed E-state index contributed by atoms with van der Waals surface area (Å²) in [7, 11) is 1.33. The fraction of sp³-hybridized carbons (Fsp3) is 0.778. The highest BCUT2D eigenvalue weighted by atomic mass is 32.1. The summed E-state index contributed by atoms with van der Waals surface area (Å²) >= 11 is 5.08. The normalized spacial score (nSPS) is 21.6. The molecule has 0 saturated carbocycles. The van der Waals surface area contributed by atoms with Crippen molar-refractivity contribution in [3.63, 3.8) is 0 Å². The van der Waals surface area contributed by atoms with Gasteiger partial charge in [-0.15, -0.1) is 0 Å². The van der Waals surface area contributed by atoms with E-state index >= 15 is 0 Å². The van der Waals surface area contributed by atoms with Crippen LogP contribution in [0.4, 0.5) is 4.79 Å². The van der Waals surface area contributed by atoms with E-state index in [1.54, 1.807) is 0 Å². The fourth-order valence-corrected chi connectivity index (χ4v) is 1.84. The Morgan fingerprint density at radius 2 is 2.36 bits per heavy atom. The molecule has 1 rings (SSSR count). The molecule has 80 valence electrons. The lowest BCUT2D eigenvalue weighted by molar-refractivity contribution is 0.174. The first kappa shape index (κ1) is 11.2. The number of piperidine rings is 1. The van der Waals surface area contributed by atoms with Gasteiger partial charge in [0.25, 0.3) is 0 Å². The molecular weight excluding hydrogens is 200 g/mol. The second-order valence-electron chi connectivity index (χ2n) is 3.62. The molecule has 14 heavy (non-hydrogen) atoms. The Hall–Kier alpha value is -0.840. The van der Waals surface area contributed by atoms with Crippen molar-refractivity contribution >= 4 is 23.4 Å². The quantitative estimate of drug-likeness (QED) is 0.621. The molecule has 0 radical (unpaired) electrons. The van der Waals surface area contributed by atoms with Crippen molar-refractivity contribution < 1.29 is 9.53 Å². The lowest BCUT2D eigenvalue weighted by Crippen LogP contribution is -2.46. The van der Waals surface area contributed by atoms with E-state index in [2.05, 4.69) is 17.0 Å². The highest BCUT2D eigenvalue weighted by molar-refractivity contribution is 7.80. The summed E-state index contributed by atoms with van der Waals surface area (Å²) in [6, 6.07) is 0. The molecule has 1 saturated heterocycles. The summed E-state index contributed by atoms with van der Waals surface area (Å²) in [4.78, 5) is 12.9. The van der Waals surface area contributed by atoms with E-state index < -0.39 is 6.09 Å². The van der Waals surface area contributed by atoms with Gasteiger partial charge in [-0.25, -0.2) is 4.79 Å². The molecule has 1 atom stereocenters. The number of hydrogen-bond acceptors (Lipinski definition) is 3. The van der Waals surface area contributed by atoms with Gasteiger partial charge in [0.15, 0.2) is 5.11 Å². The number of thiocarbonyl (C=S) groups is 1. The minimum absolute atomic E-state index is 0.475. The number of alkyl carbamates (subject to hydrolysis) is 1.